The summed E-state index contributed by atoms with van der Waals surface area (Å²) < 4.78 is 2.27. The number of likely N-dealkylation sites (N-methyl/N-ethyl adjacent to an activating group) is 1. The van der Waals surface area contributed by atoms with Crippen LogP contribution in [0.4, 0.5) is 0 Å². The van der Waals surface area contributed by atoms with E-state index >= 15 is 0 Å². The lowest BCUT2D eigenvalue weighted by Crippen LogP contribution is -2.44. The average Bonchev–Trinajstić information content (AvgIpc) is 3.04. The Morgan fingerprint density at radius 3 is 2.39 bits per heavy atom. The van der Waals surface area contributed by atoms with Crippen molar-refractivity contribution >= 4 is 34.2 Å². The highest BCUT2D eigenvalue weighted by Crippen LogP contribution is 2.27. The van der Waals surface area contributed by atoms with Gasteiger partial charge in [0.25, 0.3) is 0 Å². The zero-order valence-corrected chi connectivity index (χ0v) is 17.8. The van der Waals surface area contributed by atoms with E-state index < -0.39 is 0 Å². The molecule has 4 nitrogen and oxygen atoms in total. The second-order valence-corrected chi connectivity index (χ2v) is 8.37. The smallest absolute Gasteiger partial charge is 0.110 e. The van der Waals surface area contributed by atoms with Crippen molar-refractivity contribution in [3.05, 3.63) is 63.9 Å². The molecular weight excluding hydrogens is 391 g/mol. The molecule has 148 valence electrons. The van der Waals surface area contributed by atoms with Gasteiger partial charge in [0, 0.05) is 48.2 Å². The summed E-state index contributed by atoms with van der Waals surface area (Å²) in [6.45, 7) is 6.38. The molecule has 0 spiro atoms. The molecule has 0 bridgehead atoms. The van der Waals surface area contributed by atoms with Gasteiger partial charge in [-0.25, -0.2) is 4.98 Å². The van der Waals surface area contributed by atoms with Gasteiger partial charge in [0.2, 0.25) is 0 Å². The molecule has 1 aliphatic rings. The van der Waals surface area contributed by atoms with E-state index in [2.05, 4.69) is 39.6 Å². The van der Waals surface area contributed by atoms with Gasteiger partial charge in [-0.3, -0.25) is 0 Å². The first-order chi connectivity index (χ1) is 13.6. The number of halogens is 2. The second kappa shape index (κ2) is 8.83. The van der Waals surface area contributed by atoms with Gasteiger partial charge in [-0.1, -0.05) is 41.4 Å². The van der Waals surface area contributed by atoms with Crippen molar-refractivity contribution in [2.75, 3.05) is 39.8 Å². The zero-order chi connectivity index (χ0) is 19.5. The predicted molar refractivity (Wildman–Crippen MR) is 118 cm³/mol. The highest BCUT2D eigenvalue weighted by molar-refractivity contribution is 6.36. The number of benzene rings is 2. The van der Waals surface area contributed by atoms with E-state index in [0.717, 1.165) is 68.0 Å². The first kappa shape index (κ1) is 19.7. The summed E-state index contributed by atoms with van der Waals surface area (Å²) in [5, 5.41) is 1.40. The topological polar surface area (TPSA) is 24.3 Å². The number of hydrogen-bond donors (Lipinski definition) is 0. The Balaban J connectivity index is 1.53. The van der Waals surface area contributed by atoms with Crippen LogP contribution in [-0.2, 0) is 13.0 Å². The average molecular weight is 417 g/mol. The van der Waals surface area contributed by atoms with Crippen LogP contribution in [-0.4, -0.2) is 59.1 Å². The highest BCUT2D eigenvalue weighted by atomic mass is 35.5. The Hall–Kier alpha value is -1.59. The molecule has 1 aliphatic heterocycles. The van der Waals surface area contributed by atoms with Crippen LogP contribution in [0.1, 0.15) is 17.8 Å². The molecule has 0 saturated carbocycles. The maximum atomic E-state index is 6.44. The number of nitrogens with zero attached hydrogens (tertiary/aromatic N) is 4. The van der Waals surface area contributed by atoms with Crippen molar-refractivity contribution in [2.24, 2.45) is 0 Å². The van der Waals surface area contributed by atoms with Gasteiger partial charge in [-0.15, -0.1) is 0 Å². The Labute approximate surface area is 176 Å². The fourth-order valence-corrected chi connectivity index (χ4v) is 4.38. The monoisotopic (exact) mass is 416 g/mol. The molecule has 2 aromatic carbocycles. The molecule has 28 heavy (non-hydrogen) atoms. The highest BCUT2D eigenvalue weighted by Gasteiger charge is 2.16. The number of hydrogen-bond acceptors (Lipinski definition) is 3. The van der Waals surface area contributed by atoms with Crippen LogP contribution in [0.25, 0.3) is 11.0 Å². The number of imidazole rings is 1. The van der Waals surface area contributed by atoms with E-state index in [1.165, 1.54) is 0 Å². The van der Waals surface area contributed by atoms with Crippen LogP contribution >= 0.6 is 23.2 Å². The van der Waals surface area contributed by atoms with Crippen molar-refractivity contribution < 1.29 is 0 Å². The summed E-state index contributed by atoms with van der Waals surface area (Å²) in [6, 6.07) is 14.0. The van der Waals surface area contributed by atoms with Gasteiger partial charge in [-0.05, 0) is 44.3 Å². The van der Waals surface area contributed by atoms with Gasteiger partial charge in [0.05, 0.1) is 17.6 Å². The summed E-state index contributed by atoms with van der Waals surface area (Å²) in [7, 11) is 2.19. The molecule has 0 unspecified atom stereocenters. The quantitative estimate of drug-likeness (QED) is 0.587. The van der Waals surface area contributed by atoms with Crippen molar-refractivity contribution in [1.29, 1.82) is 0 Å². The Morgan fingerprint density at radius 2 is 1.64 bits per heavy atom. The molecule has 0 radical (unpaired) electrons. The molecule has 0 amide bonds. The lowest BCUT2D eigenvalue weighted by Gasteiger charge is -2.32. The van der Waals surface area contributed by atoms with Gasteiger partial charge in [0.1, 0.15) is 5.82 Å². The minimum absolute atomic E-state index is 0.642. The molecule has 6 heteroatoms. The minimum atomic E-state index is 0.642. The lowest BCUT2D eigenvalue weighted by molar-refractivity contribution is 0.152. The van der Waals surface area contributed by atoms with E-state index in [1.807, 2.05) is 24.3 Å². The van der Waals surface area contributed by atoms with Crippen LogP contribution in [0.5, 0.6) is 0 Å². The van der Waals surface area contributed by atoms with E-state index in [1.54, 1.807) is 0 Å². The fraction of sp³-hybridized carbons (Fsp3) is 0.409. The zero-order valence-electron chi connectivity index (χ0n) is 16.2. The third-order valence-corrected chi connectivity index (χ3v) is 6.29. The number of fused-ring (bicyclic) bond motifs is 1. The lowest BCUT2D eigenvalue weighted by atomic mass is 10.2. The van der Waals surface area contributed by atoms with Crippen LogP contribution < -0.4 is 0 Å². The van der Waals surface area contributed by atoms with E-state index in [4.69, 9.17) is 28.2 Å². The van der Waals surface area contributed by atoms with Crippen molar-refractivity contribution in [3.63, 3.8) is 0 Å². The molecule has 1 aromatic heterocycles. The van der Waals surface area contributed by atoms with Crippen LogP contribution in [0.15, 0.2) is 42.5 Å². The second-order valence-electron chi connectivity index (χ2n) is 7.55. The summed E-state index contributed by atoms with van der Waals surface area (Å²) in [6.07, 6.45) is 2.05. The van der Waals surface area contributed by atoms with Gasteiger partial charge in [0.15, 0.2) is 0 Å². The standard InChI is InChI=1S/C22H26Cl2N4/c1-26-12-14-27(15-13-26)11-5-10-22-25-20-8-2-3-9-21(20)28(22)16-17-18(23)6-4-7-19(17)24/h2-4,6-9H,5,10-16H2,1H3. The van der Waals surface area contributed by atoms with Crippen molar-refractivity contribution in [3.8, 4) is 0 Å². The summed E-state index contributed by atoms with van der Waals surface area (Å²) in [5.41, 5.74) is 3.11. The number of piperazine rings is 1. The Bertz CT molecular complexity index is 925. The summed E-state index contributed by atoms with van der Waals surface area (Å²) in [5.74, 6) is 1.10. The third kappa shape index (κ3) is 4.36. The van der Waals surface area contributed by atoms with Crippen LogP contribution in [0, 0.1) is 0 Å². The number of aromatic nitrogens is 2. The fourth-order valence-electron chi connectivity index (χ4n) is 3.87. The largest absolute Gasteiger partial charge is 0.323 e. The van der Waals surface area contributed by atoms with Crippen LogP contribution in [0.3, 0.4) is 0 Å². The molecule has 0 aliphatic carbocycles. The van der Waals surface area contributed by atoms with Crippen molar-refractivity contribution in [2.45, 2.75) is 19.4 Å². The molecular formula is C22H26Cl2N4. The van der Waals surface area contributed by atoms with E-state index in [9.17, 15) is 0 Å². The molecule has 1 fully saturated rings. The molecule has 2 heterocycles. The van der Waals surface area contributed by atoms with E-state index in [0.29, 0.717) is 16.6 Å². The van der Waals surface area contributed by atoms with Gasteiger partial charge in [-0.2, -0.15) is 0 Å². The summed E-state index contributed by atoms with van der Waals surface area (Å²) >= 11 is 12.9. The molecule has 1 saturated heterocycles. The van der Waals surface area contributed by atoms with Crippen LogP contribution in [0.2, 0.25) is 10.0 Å². The first-order valence-corrected chi connectivity index (χ1v) is 10.7. The number of aryl methyl sites for hydroxylation is 1. The normalized spacial score (nSPS) is 16.1. The minimum Gasteiger partial charge on any atom is -0.323 e. The maximum absolute atomic E-state index is 6.44. The summed E-state index contributed by atoms with van der Waals surface area (Å²) in [4.78, 5) is 9.86. The third-order valence-electron chi connectivity index (χ3n) is 5.58. The number of para-hydroxylation sites is 2. The molecule has 0 atom stereocenters. The Kier molecular flexibility index (Phi) is 6.22. The Morgan fingerprint density at radius 1 is 0.929 bits per heavy atom. The van der Waals surface area contributed by atoms with Gasteiger partial charge >= 0.3 is 0 Å². The molecule has 4 rings (SSSR count). The SMILES string of the molecule is CN1CCN(CCCc2nc3ccccc3n2Cc2c(Cl)cccc2Cl)CC1. The number of rotatable bonds is 6. The molecule has 0 N–H and O–H groups in total. The van der Waals surface area contributed by atoms with Crippen molar-refractivity contribution in [1.82, 2.24) is 19.4 Å². The molecule has 3 aromatic rings. The van der Waals surface area contributed by atoms with Gasteiger partial charge < -0.3 is 14.4 Å². The predicted octanol–water partition coefficient (Wildman–Crippen LogP) is 4.57. The maximum Gasteiger partial charge on any atom is 0.110 e. The van der Waals surface area contributed by atoms with E-state index in [-0.39, 0.29) is 0 Å². The first-order valence-electron chi connectivity index (χ1n) is 9.90.